The summed E-state index contributed by atoms with van der Waals surface area (Å²) in [6.07, 6.45) is 2.23. The molecule has 5 heteroatoms. The number of amides is 1. The van der Waals surface area contributed by atoms with Crippen LogP contribution in [0.2, 0.25) is 0 Å². The first kappa shape index (κ1) is 14.0. The van der Waals surface area contributed by atoms with Crippen molar-refractivity contribution in [3.63, 3.8) is 0 Å². The second-order valence-electron chi connectivity index (χ2n) is 5.73. The van der Waals surface area contributed by atoms with Crippen molar-refractivity contribution in [3.8, 4) is 0 Å². The molecule has 0 saturated carbocycles. The van der Waals surface area contributed by atoms with Crippen LogP contribution in [0.25, 0.3) is 0 Å². The molecule has 0 aromatic carbocycles. The van der Waals surface area contributed by atoms with Gasteiger partial charge in [0, 0.05) is 6.54 Å². The molecule has 1 unspecified atom stereocenters. The van der Waals surface area contributed by atoms with Crippen LogP contribution >= 0.6 is 0 Å². The number of carboxylic acids is 1. The van der Waals surface area contributed by atoms with E-state index in [0.29, 0.717) is 13.0 Å². The molecule has 0 aromatic heterocycles. The van der Waals surface area contributed by atoms with Crippen molar-refractivity contribution >= 4 is 11.9 Å². The van der Waals surface area contributed by atoms with E-state index in [1.54, 1.807) is 0 Å². The van der Waals surface area contributed by atoms with Crippen molar-refractivity contribution in [2.45, 2.75) is 52.1 Å². The normalized spacial score (nSPS) is 23.3. The van der Waals surface area contributed by atoms with Crippen LogP contribution < -0.4 is 5.73 Å². The van der Waals surface area contributed by atoms with Crippen LogP contribution in [-0.2, 0) is 9.59 Å². The highest BCUT2D eigenvalue weighted by atomic mass is 16.4. The largest absolute Gasteiger partial charge is 0.480 e. The maximum absolute atomic E-state index is 12.2. The molecule has 5 nitrogen and oxygen atoms in total. The van der Waals surface area contributed by atoms with E-state index in [1.807, 2.05) is 20.8 Å². The van der Waals surface area contributed by atoms with E-state index in [0.717, 1.165) is 12.8 Å². The quantitative estimate of drug-likeness (QED) is 0.751. The molecule has 1 aliphatic rings. The Balaban J connectivity index is 2.82. The smallest absolute Gasteiger partial charge is 0.326 e. The number of nitrogens with two attached hydrogens (primary N) is 1. The molecule has 2 atom stereocenters. The van der Waals surface area contributed by atoms with Crippen LogP contribution in [0.3, 0.4) is 0 Å². The fraction of sp³-hybridized carbons (Fsp3) is 0.833. The Labute approximate surface area is 102 Å². The summed E-state index contributed by atoms with van der Waals surface area (Å²) < 4.78 is 0. The molecule has 1 amide bonds. The van der Waals surface area contributed by atoms with Gasteiger partial charge in [-0.15, -0.1) is 0 Å². The number of rotatable bonds is 2. The molecule has 1 aliphatic heterocycles. The minimum atomic E-state index is -0.931. The van der Waals surface area contributed by atoms with E-state index in [-0.39, 0.29) is 11.3 Å². The molecule has 0 bridgehead atoms. The molecule has 1 saturated heterocycles. The molecule has 0 aliphatic carbocycles. The Hall–Kier alpha value is -1.10. The predicted octanol–water partition coefficient (Wildman–Crippen LogP) is 0.825. The van der Waals surface area contributed by atoms with Gasteiger partial charge < -0.3 is 15.7 Å². The van der Waals surface area contributed by atoms with Crippen molar-refractivity contribution in [1.29, 1.82) is 0 Å². The van der Waals surface area contributed by atoms with Crippen molar-refractivity contribution < 1.29 is 14.7 Å². The predicted molar refractivity (Wildman–Crippen MR) is 64.4 cm³/mol. The summed E-state index contributed by atoms with van der Waals surface area (Å²) in [4.78, 5) is 24.7. The minimum absolute atomic E-state index is 0.246. The van der Waals surface area contributed by atoms with Crippen LogP contribution in [0.4, 0.5) is 0 Å². The number of piperidine rings is 1. The van der Waals surface area contributed by atoms with E-state index in [1.165, 1.54) is 4.90 Å². The number of aliphatic carboxylic acids is 1. The van der Waals surface area contributed by atoms with Crippen LogP contribution in [0, 0.1) is 5.41 Å². The molecule has 0 spiro atoms. The molecule has 1 rings (SSSR count). The van der Waals surface area contributed by atoms with Gasteiger partial charge in [0.15, 0.2) is 0 Å². The van der Waals surface area contributed by atoms with E-state index in [4.69, 9.17) is 10.8 Å². The summed E-state index contributed by atoms with van der Waals surface area (Å²) in [5.41, 5.74) is 5.55. The highest BCUT2D eigenvalue weighted by Crippen LogP contribution is 2.23. The van der Waals surface area contributed by atoms with Gasteiger partial charge in [0.2, 0.25) is 5.91 Å². The number of likely N-dealkylation sites (tertiary alicyclic amines) is 1. The van der Waals surface area contributed by atoms with E-state index in [2.05, 4.69) is 0 Å². The van der Waals surface area contributed by atoms with E-state index >= 15 is 0 Å². The molecular formula is C12H22N2O3. The molecule has 17 heavy (non-hydrogen) atoms. The minimum Gasteiger partial charge on any atom is -0.480 e. The Morgan fingerprint density at radius 3 is 2.41 bits per heavy atom. The molecule has 1 fully saturated rings. The first-order valence-electron chi connectivity index (χ1n) is 6.04. The second-order valence-corrected chi connectivity index (χ2v) is 5.73. The Morgan fingerprint density at radius 1 is 1.35 bits per heavy atom. The van der Waals surface area contributed by atoms with Crippen LogP contribution in [0.5, 0.6) is 0 Å². The highest BCUT2D eigenvalue weighted by molar-refractivity contribution is 5.87. The highest BCUT2D eigenvalue weighted by Gasteiger charge is 2.37. The zero-order valence-electron chi connectivity index (χ0n) is 10.8. The van der Waals surface area contributed by atoms with Crippen LogP contribution in [-0.4, -0.2) is 40.5 Å². The van der Waals surface area contributed by atoms with Crippen LogP contribution in [0.1, 0.15) is 40.0 Å². The van der Waals surface area contributed by atoms with E-state index in [9.17, 15) is 9.59 Å². The third kappa shape index (κ3) is 3.19. The van der Waals surface area contributed by atoms with Crippen molar-refractivity contribution in [3.05, 3.63) is 0 Å². The zero-order chi connectivity index (χ0) is 13.2. The van der Waals surface area contributed by atoms with Crippen LogP contribution in [0.15, 0.2) is 0 Å². The van der Waals surface area contributed by atoms with E-state index < -0.39 is 18.1 Å². The number of hydrogen-bond donors (Lipinski definition) is 2. The molecule has 0 aromatic rings. The second kappa shape index (κ2) is 5.04. The summed E-state index contributed by atoms with van der Waals surface area (Å²) in [5.74, 6) is -1.18. The lowest BCUT2D eigenvalue weighted by atomic mass is 9.85. The zero-order valence-corrected chi connectivity index (χ0v) is 10.8. The maximum Gasteiger partial charge on any atom is 0.326 e. The van der Waals surface area contributed by atoms with Gasteiger partial charge >= 0.3 is 5.97 Å². The SMILES string of the molecule is CC(C)(C)C(N)C(=O)N1CCCC[C@H]1C(=O)O. The number of nitrogens with zero attached hydrogens (tertiary/aromatic N) is 1. The number of carbonyl (C=O) groups is 2. The molecule has 3 N–H and O–H groups in total. The van der Waals surface area contributed by atoms with Gasteiger partial charge in [-0.1, -0.05) is 20.8 Å². The fourth-order valence-corrected chi connectivity index (χ4v) is 2.00. The average Bonchev–Trinajstić information content (AvgIpc) is 2.25. The summed E-state index contributed by atoms with van der Waals surface area (Å²) in [6, 6.07) is -1.35. The molecule has 98 valence electrons. The monoisotopic (exact) mass is 242 g/mol. The fourth-order valence-electron chi connectivity index (χ4n) is 2.00. The average molecular weight is 242 g/mol. The maximum atomic E-state index is 12.2. The number of hydrogen-bond acceptors (Lipinski definition) is 3. The molecular weight excluding hydrogens is 220 g/mol. The van der Waals surface area contributed by atoms with Gasteiger partial charge in [-0.05, 0) is 24.7 Å². The number of carboxylic acid groups (broad SMARTS) is 1. The Bertz CT molecular complexity index is 309. The summed E-state index contributed by atoms with van der Waals surface area (Å²) in [5, 5.41) is 9.11. The summed E-state index contributed by atoms with van der Waals surface area (Å²) in [7, 11) is 0. The summed E-state index contributed by atoms with van der Waals surface area (Å²) in [6.45, 7) is 6.15. The lowest BCUT2D eigenvalue weighted by molar-refractivity contribution is -0.153. The lowest BCUT2D eigenvalue weighted by Gasteiger charge is -2.37. The molecule has 1 heterocycles. The van der Waals surface area contributed by atoms with Gasteiger partial charge in [-0.3, -0.25) is 4.79 Å². The van der Waals surface area contributed by atoms with Crippen molar-refractivity contribution in [2.24, 2.45) is 11.1 Å². The van der Waals surface area contributed by atoms with Gasteiger partial charge in [-0.25, -0.2) is 4.79 Å². The first-order chi connectivity index (χ1) is 7.75. The van der Waals surface area contributed by atoms with Crippen molar-refractivity contribution in [1.82, 2.24) is 4.90 Å². The lowest BCUT2D eigenvalue weighted by Crippen LogP contribution is -2.56. The third-order valence-corrected chi connectivity index (χ3v) is 3.27. The summed E-state index contributed by atoms with van der Waals surface area (Å²) >= 11 is 0. The number of carbonyl (C=O) groups excluding carboxylic acids is 1. The van der Waals surface area contributed by atoms with Gasteiger partial charge in [-0.2, -0.15) is 0 Å². The van der Waals surface area contributed by atoms with Gasteiger partial charge in [0.1, 0.15) is 6.04 Å². The molecule has 0 radical (unpaired) electrons. The standard InChI is InChI=1S/C12H22N2O3/c1-12(2,3)9(13)10(15)14-7-5-4-6-8(14)11(16)17/h8-9H,4-7,13H2,1-3H3,(H,16,17)/t8-,9?/m0/s1. The van der Waals surface area contributed by atoms with Crippen molar-refractivity contribution in [2.75, 3.05) is 6.54 Å². The Morgan fingerprint density at radius 2 is 1.94 bits per heavy atom. The van der Waals surface area contributed by atoms with Gasteiger partial charge in [0.25, 0.3) is 0 Å². The van der Waals surface area contributed by atoms with Gasteiger partial charge in [0.05, 0.1) is 6.04 Å². The Kier molecular flexibility index (Phi) is 4.14. The topological polar surface area (TPSA) is 83.6 Å². The third-order valence-electron chi connectivity index (χ3n) is 3.27. The first-order valence-corrected chi connectivity index (χ1v) is 6.04.